The second-order valence-electron chi connectivity index (χ2n) is 17.6. The van der Waals surface area contributed by atoms with Gasteiger partial charge in [0.15, 0.2) is 0 Å². The van der Waals surface area contributed by atoms with Gasteiger partial charge in [-0.05, 0) is 69.5 Å². The van der Waals surface area contributed by atoms with Gasteiger partial charge in [0.05, 0.1) is 30.8 Å². The van der Waals surface area contributed by atoms with Gasteiger partial charge in [0.2, 0.25) is 23.6 Å². The van der Waals surface area contributed by atoms with Crippen molar-refractivity contribution in [1.82, 2.24) is 30.2 Å². The van der Waals surface area contributed by atoms with E-state index in [1.807, 2.05) is 52.0 Å². The number of amides is 4. The van der Waals surface area contributed by atoms with Gasteiger partial charge in [0, 0.05) is 79.6 Å². The zero-order valence-corrected chi connectivity index (χ0v) is 40.0. The molecular weight excluding hydrogens is 873 g/mol. The smallest absolute Gasteiger partial charge is 0.291 e. The van der Waals surface area contributed by atoms with Crippen LogP contribution in [0.15, 0.2) is 94.7 Å². The molecule has 2 atom stereocenters. The van der Waals surface area contributed by atoms with E-state index >= 15 is 0 Å². The highest BCUT2D eigenvalue weighted by atomic mass is 32.2. The molecule has 67 heavy (non-hydrogen) atoms. The molecule has 0 aromatic heterocycles. The molecule has 0 radical (unpaired) electrons. The van der Waals surface area contributed by atoms with Crippen molar-refractivity contribution in [3.8, 4) is 22.3 Å². The number of nitro benzene ring substituents is 2. The molecular formula is C50H58N8O8S. The third-order valence-electron chi connectivity index (χ3n) is 11.9. The summed E-state index contributed by atoms with van der Waals surface area (Å²) in [4.78, 5) is 85.1. The zero-order valence-electron chi connectivity index (χ0n) is 39.1. The number of piperazine rings is 2. The molecule has 2 saturated heterocycles. The molecule has 352 valence electrons. The average Bonchev–Trinajstić information content (AvgIpc) is 3.31. The van der Waals surface area contributed by atoms with Crippen LogP contribution in [-0.4, -0.2) is 133 Å². The van der Waals surface area contributed by atoms with E-state index < -0.39 is 21.9 Å². The van der Waals surface area contributed by atoms with Crippen molar-refractivity contribution in [2.45, 2.75) is 61.4 Å². The monoisotopic (exact) mass is 930 g/mol. The molecule has 0 saturated carbocycles. The molecule has 17 heteroatoms. The number of hydrogen-bond donors (Lipinski definition) is 2. The van der Waals surface area contributed by atoms with E-state index in [1.54, 1.807) is 98.7 Å². The SMILES string of the molecule is CC(C)c1ccccc1-c1c(/C=C/C(=O)N2CCNC(C(=O)N(C)C)C2)ccc(Sc2ccc(/C=C/C(=O)N3CCNC(C(=O)N(C)C)C3)c(-c3ccccc3C(C)C)c2[N+](=O)[O-])c1[N+](=O)[O-]. The fourth-order valence-corrected chi connectivity index (χ4v) is 9.56. The van der Waals surface area contributed by atoms with Gasteiger partial charge < -0.3 is 30.2 Å². The van der Waals surface area contributed by atoms with Crippen LogP contribution in [0.3, 0.4) is 0 Å². The molecule has 2 heterocycles. The molecule has 2 aliphatic rings. The van der Waals surface area contributed by atoms with Crippen LogP contribution in [0.2, 0.25) is 0 Å². The van der Waals surface area contributed by atoms with E-state index in [0.717, 1.165) is 22.9 Å². The van der Waals surface area contributed by atoms with Crippen LogP contribution in [0.1, 0.15) is 61.8 Å². The van der Waals surface area contributed by atoms with Crippen LogP contribution >= 0.6 is 11.8 Å². The molecule has 2 fully saturated rings. The Hall–Kier alpha value is -6.69. The Labute approximate surface area is 395 Å². The van der Waals surface area contributed by atoms with Gasteiger partial charge in [-0.2, -0.15) is 0 Å². The van der Waals surface area contributed by atoms with Gasteiger partial charge in [-0.1, -0.05) is 100 Å². The van der Waals surface area contributed by atoms with Gasteiger partial charge in [-0.3, -0.25) is 39.4 Å². The quantitative estimate of drug-likeness (QED) is 0.0749. The van der Waals surface area contributed by atoms with Crippen molar-refractivity contribution in [1.29, 1.82) is 0 Å². The summed E-state index contributed by atoms with van der Waals surface area (Å²) < 4.78 is 0. The van der Waals surface area contributed by atoms with Gasteiger partial charge in [-0.25, -0.2) is 0 Å². The predicted molar refractivity (Wildman–Crippen MR) is 262 cm³/mol. The first-order chi connectivity index (χ1) is 31.9. The maximum Gasteiger partial charge on any atom is 0.291 e. The summed E-state index contributed by atoms with van der Waals surface area (Å²) in [6.45, 7) is 9.79. The average molecular weight is 931 g/mol. The summed E-state index contributed by atoms with van der Waals surface area (Å²) in [5.41, 5.74) is 3.50. The Morgan fingerprint density at radius 3 is 1.34 bits per heavy atom. The van der Waals surface area contributed by atoms with Gasteiger partial charge in [-0.15, -0.1) is 0 Å². The van der Waals surface area contributed by atoms with E-state index in [9.17, 15) is 39.4 Å². The Morgan fingerprint density at radius 1 is 0.627 bits per heavy atom. The van der Waals surface area contributed by atoms with Crippen LogP contribution in [0, 0.1) is 20.2 Å². The summed E-state index contributed by atoms with van der Waals surface area (Å²) >= 11 is 0.898. The molecule has 2 aliphatic heterocycles. The van der Waals surface area contributed by atoms with Crippen LogP contribution in [0.4, 0.5) is 11.4 Å². The van der Waals surface area contributed by atoms with Gasteiger partial charge >= 0.3 is 0 Å². The lowest BCUT2D eigenvalue weighted by Crippen LogP contribution is -2.57. The molecule has 0 bridgehead atoms. The van der Waals surface area contributed by atoms with Crippen molar-refractivity contribution in [2.75, 3.05) is 67.5 Å². The highest BCUT2D eigenvalue weighted by Crippen LogP contribution is 2.50. The molecule has 4 aromatic rings. The number of carbonyl (C=O) groups excluding carboxylic acids is 4. The lowest BCUT2D eigenvalue weighted by molar-refractivity contribution is -0.387. The minimum atomic E-state index is -0.575. The van der Waals surface area contributed by atoms with E-state index in [-0.39, 0.29) is 80.8 Å². The van der Waals surface area contributed by atoms with Crippen LogP contribution < -0.4 is 10.6 Å². The Morgan fingerprint density at radius 2 is 1.00 bits per heavy atom. The van der Waals surface area contributed by atoms with Crippen molar-refractivity contribution < 1.29 is 29.0 Å². The summed E-state index contributed by atoms with van der Waals surface area (Å²) in [6.07, 6.45) is 5.82. The Bertz CT molecular complexity index is 2450. The van der Waals surface area contributed by atoms with Crippen molar-refractivity contribution >= 4 is 58.9 Å². The molecule has 6 rings (SSSR count). The minimum Gasteiger partial charge on any atom is -0.347 e. The Kier molecular flexibility index (Phi) is 16.1. The van der Waals surface area contributed by atoms with Crippen LogP contribution in [0.5, 0.6) is 0 Å². The first-order valence-corrected chi connectivity index (χ1v) is 23.0. The number of rotatable bonds is 14. The fraction of sp³-hybridized carbons (Fsp3) is 0.360. The lowest BCUT2D eigenvalue weighted by Gasteiger charge is -2.33. The normalized spacial score (nSPS) is 16.5. The molecule has 0 aliphatic carbocycles. The number of nitrogens with one attached hydrogen (secondary N) is 2. The second kappa shape index (κ2) is 21.7. The third kappa shape index (κ3) is 11.3. The first kappa shape index (κ1) is 49.7. The molecule has 16 nitrogen and oxygen atoms in total. The van der Waals surface area contributed by atoms with E-state index in [4.69, 9.17) is 0 Å². The van der Waals surface area contributed by atoms with Gasteiger partial charge in [0.1, 0.15) is 12.1 Å². The molecule has 2 unspecified atom stereocenters. The molecule has 2 N–H and O–H groups in total. The minimum absolute atomic E-state index is 0.0525. The summed E-state index contributed by atoms with van der Waals surface area (Å²) in [5.74, 6) is -1.14. The van der Waals surface area contributed by atoms with Crippen molar-refractivity contribution in [3.05, 3.63) is 127 Å². The predicted octanol–water partition coefficient (Wildman–Crippen LogP) is 7.04. The standard InChI is InChI=1S/C50H58N8O8S/c1-31(2)35-13-9-11-15-37(35)45-33(19-23-43(59)55-27-25-51-39(29-55)49(61)53(5)6)17-21-41(47(45)57(63)64)67-42-22-18-34(20-24-44(60)56-28-26-52-40(30-56)50(62)54(7)8)46(48(42)58(65)66)38-16-12-10-14-36(38)32(3)4/h9-24,31-32,39-40,51-52H,25-30H2,1-8H3/b23-19+,24-20+. The first-order valence-electron chi connectivity index (χ1n) is 22.2. The lowest BCUT2D eigenvalue weighted by atomic mass is 9.89. The number of hydrogen-bond acceptors (Lipinski definition) is 11. The zero-order chi connectivity index (χ0) is 48.7. The number of carbonyl (C=O) groups is 4. The highest BCUT2D eigenvalue weighted by molar-refractivity contribution is 7.99. The summed E-state index contributed by atoms with van der Waals surface area (Å²) in [5, 5.41) is 33.3. The number of likely N-dealkylation sites (N-methyl/N-ethyl adjacent to an activating group) is 2. The van der Waals surface area contributed by atoms with Crippen molar-refractivity contribution in [2.24, 2.45) is 0 Å². The number of nitro groups is 2. The van der Waals surface area contributed by atoms with Crippen LogP contribution in [0.25, 0.3) is 34.4 Å². The number of benzene rings is 4. The van der Waals surface area contributed by atoms with Crippen molar-refractivity contribution in [3.63, 3.8) is 0 Å². The maximum atomic E-state index is 13.7. The van der Waals surface area contributed by atoms with E-state index in [1.165, 1.54) is 22.0 Å². The van der Waals surface area contributed by atoms with Crippen LogP contribution in [-0.2, 0) is 19.2 Å². The molecule has 0 spiro atoms. The summed E-state index contributed by atoms with van der Waals surface area (Å²) in [7, 11) is 6.61. The molecule has 4 amide bonds. The number of nitrogens with zero attached hydrogens (tertiary/aromatic N) is 6. The topological polar surface area (TPSA) is 192 Å². The molecule has 4 aromatic carbocycles. The second-order valence-corrected chi connectivity index (χ2v) is 18.7. The van der Waals surface area contributed by atoms with E-state index in [0.29, 0.717) is 48.4 Å². The fourth-order valence-electron chi connectivity index (χ4n) is 8.51. The van der Waals surface area contributed by atoms with Gasteiger partial charge in [0.25, 0.3) is 11.4 Å². The Balaban J connectivity index is 1.48. The third-order valence-corrected chi connectivity index (χ3v) is 13.0. The highest BCUT2D eigenvalue weighted by Gasteiger charge is 2.33. The summed E-state index contributed by atoms with van der Waals surface area (Å²) in [6, 6.07) is 20.0. The largest absolute Gasteiger partial charge is 0.347 e. The maximum absolute atomic E-state index is 13.7. The van der Waals surface area contributed by atoms with E-state index in [2.05, 4.69) is 10.6 Å².